The highest BCUT2D eigenvalue weighted by molar-refractivity contribution is 6.08. The van der Waals surface area contributed by atoms with Crippen molar-refractivity contribution in [2.24, 2.45) is 0 Å². The van der Waals surface area contributed by atoms with Crippen molar-refractivity contribution in [1.29, 1.82) is 0 Å². The molecule has 0 saturated heterocycles. The second-order valence-corrected chi connectivity index (χ2v) is 6.93. The number of rotatable bonds is 5. The van der Waals surface area contributed by atoms with Crippen LogP contribution in [0.15, 0.2) is 54.7 Å². The lowest BCUT2D eigenvalue weighted by atomic mass is 9.92. The lowest BCUT2D eigenvalue weighted by molar-refractivity contribution is -0.143. The molecule has 1 aliphatic rings. The Morgan fingerprint density at radius 1 is 1.14 bits per heavy atom. The van der Waals surface area contributed by atoms with Gasteiger partial charge in [-0.3, -0.25) is 4.79 Å². The Morgan fingerprint density at radius 3 is 2.68 bits per heavy atom. The number of amides is 1. The molecule has 6 heteroatoms. The number of methoxy groups -OCH3 is 1. The van der Waals surface area contributed by atoms with Crippen molar-refractivity contribution in [3.05, 3.63) is 71.4 Å². The second kappa shape index (κ2) is 7.48. The standard InChI is InChI=1S/C22H22N2O4/c1-28-13-12-23-14-18(17-8-4-5-9-19(17)23)21(25)24-11-10-15-6-2-3-7-16(15)20(24)22(26)27/h2-9,14,20H,10-13H2,1H3,(H,26,27). The lowest BCUT2D eigenvalue weighted by Crippen LogP contribution is -2.43. The Morgan fingerprint density at radius 2 is 1.89 bits per heavy atom. The predicted octanol–water partition coefficient (Wildman–Crippen LogP) is 3.11. The van der Waals surface area contributed by atoms with Gasteiger partial charge in [-0.15, -0.1) is 0 Å². The Kier molecular flexibility index (Phi) is 4.88. The summed E-state index contributed by atoms with van der Waals surface area (Å²) in [5.41, 5.74) is 3.14. The molecule has 0 spiro atoms. The van der Waals surface area contributed by atoms with Gasteiger partial charge in [0.15, 0.2) is 6.04 Å². The van der Waals surface area contributed by atoms with Crippen LogP contribution in [0.4, 0.5) is 0 Å². The lowest BCUT2D eigenvalue weighted by Gasteiger charge is -2.34. The van der Waals surface area contributed by atoms with Crippen LogP contribution in [0.25, 0.3) is 10.9 Å². The molecule has 1 aromatic heterocycles. The van der Waals surface area contributed by atoms with Crippen molar-refractivity contribution in [1.82, 2.24) is 9.47 Å². The molecular weight excluding hydrogens is 356 g/mol. The van der Waals surface area contributed by atoms with Crippen molar-refractivity contribution >= 4 is 22.8 Å². The minimum absolute atomic E-state index is 0.255. The smallest absolute Gasteiger partial charge is 0.331 e. The summed E-state index contributed by atoms with van der Waals surface area (Å²) < 4.78 is 7.16. The zero-order valence-electron chi connectivity index (χ0n) is 15.7. The Bertz CT molecular complexity index is 1040. The molecule has 0 radical (unpaired) electrons. The van der Waals surface area contributed by atoms with Gasteiger partial charge in [0.1, 0.15) is 0 Å². The van der Waals surface area contributed by atoms with Crippen molar-refractivity contribution in [3.8, 4) is 0 Å². The quantitative estimate of drug-likeness (QED) is 0.741. The van der Waals surface area contributed by atoms with Gasteiger partial charge in [-0.25, -0.2) is 4.79 Å². The molecule has 6 nitrogen and oxygen atoms in total. The van der Waals surface area contributed by atoms with Crippen LogP contribution in [-0.4, -0.2) is 46.7 Å². The molecule has 1 aliphatic heterocycles. The van der Waals surface area contributed by atoms with Crippen LogP contribution in [0.2, 0.25) is 0 Å². The number of nitrogens with zero attached hydrogens (tertiary/aromatic N) is 2. The van der Waals surface area contributed by atoms with Gasteiger partial charge in [0, 0.05) is 37.3 Å². The topological polar surface area (TPSA) is 71.8 Å². The molecule has 0 aliphatic carbocycles. The first kappa shape index (κ1) is 18.3. The normalized spacial score (nSPS) is 16.2. The van der Waals surface area contributed by atoms with Gasteiger partial charge in [-0.05, 0) is 23.6 Å². The summed E-state index contributed by atoms with van der Waals surface area (Å²) in [4.78, 5) is 27.0. The summed E-state index contributed by atoms with van der Waals surface area (Å²) in [6.07, 6.45) is 2.46. The number of fused-ring (bicyclic) bond motifs is 2. The van der Waals surface area contributed by atoms with E-state index in [9.17, 15) is 14.7 Å². The number of carbonyl (C=O) groups is 2. The van der Waals surface area contributed by atoms with Crippen LogP contribution in [-0.2, 0) is 22.5 Å². The van der Waals surface area contributed by atoms with E-state index in [1.807, 2.05) is 53.2 Å². The number of carbonyl (C=O) groups excluding carboxylic acids is 1. The van der Waals surface area contributed by atoms with Crippen molar-refractivity contribution in [2.45, 2.75) is 19.0 Å². The summed E-state index contributed by atoms with van der Waals surface area (Å²) in [5, 5.41) is 10.7. The van der Waals surface area contributed by atoms with Gasteiger partial charge >= 0.3 is 5.97 Å². The van der Waals surface area contributed by atoms with Crippen LogP contribution in [0.5, 0.6) is 0 Å². The highest BCUT2D eigenvalue weighted by Gasteiger charge is 2.37. The maximum atomic E-state index is 13.4. The van der Waals surface area contributed by atoms with E-state index in [-0.39, 0.29) is 5.91 Å². The van der Waals surface area contributed by atoms with Crippen molar-refractivity contribution in [3.63, 3.8) is 0 Å². The number of carboxylic acids is 1. The van der Waals surface area contributed by atoms with Crippen LogP contribution >= 0.6 is 0 Å². The Labute approximate surface area is 162 Å². The van der Waals surface area contributed by atoms with Crippen LogP contribution in [0.3, 0.4) is 0 Å². The third-order valence-electron chi connectivity index (χ3n) is 5.33. The minimum Gasteiger partial charge on any atom is -0.479 e. The molecule has 1 amide bonds. The Hall–Kier alpha value is -3.12. The van der Waals surface area contributed by atoms with Crippen LogP contribution in [0, 0.1) is 0 Å². The first-order valence-corrected chi connectivity index (χ1v) is 9.30. The first-order chi connectivity index (χ1) is 13.6. The molecule has 0 bridgehead atoms. The van der Waals surface area contributed by atoms with Gasteiger partial charge in [0.2, 0.25) is 0 Å². The van der Waals surface area contributed by atoms with E-state index in [1.54, 1.807) is 13.2 Å². The van der Waals surface area contributed by atoms with Gasteiger partial charge in [-0.1, -0.05) is 42.5 Å². The summed E-state index contributed by atoms with van der Waals surface area (Å²) in [6, 6.07) is 14.2. The summed E-state index contributed by atoms with van der Waals surface area (Å²) in [6.45, 7) is 1.53. The molecule has 28 heavy (non-hydrogen) atoms. The van der Waals surface area contributed by atoms with Gasteiger partial charge < -0.3 is 19.3 Å². The van der Waals surface area contributed by atoms with E-state index in [0.29, 0.717) is 37.2 Å². The molecule has 1 unspecified atom stereocenters. The van der Waals surface area contributed by atoms with Gasteiger partial charge in [0.25, 0.3) is 5.91 Å². The number of aliphatic carboxylic acids is 1. The number of aromatic nitrogens is 1. The Balaban J connectivity index is 1.76. The van der Waals surface area contributed by atoms with E-state index < -0.39 is 12.0 Å². The van der Waals surface area contributed by atoms with Crippen LogP contribution < -0.4 is 0 Å². The zero-order chi connectivity index (χ0) is 19.7. The maximum Gasteiger partial charge on any atom is 0.331 e. The predicted molar refractivity (Wildman–Crippen MR) is 105 cm³/mol. The number of hydrogen-bond acceptors (Lipinski definition) is 3. The number of ether oxygens (including phenoxy) is 1. The van der Waals surface area contributed by atoms with E-state index in [1.165, 1.54) is 4.90 Å². The van der Waals surface area contributed by atoms with E-state index in [2.05, 4.69) is 0 Å². The van der Waals surface area contributed by atoms with Gasteiger partial charge in [-0.2, -0.15) is 0 Å². The molecule has 3 aromatic rings. The monoisotopic (exact) mass is 378 g/mol. The first-order valence-electron chi connectivity index (χ1n) is 9.30. The second-order valence-electron chi connectivity index (χ2n) is 6.93. The summed E-state index contributed by atoms with van der Waals surface area (Å²) in [7, 11) is 1.64. The highest BCUT2D eigenvalue weighted by Crippen LogP contribution is 2.33. The van der Waals surface area contributed by atoms with E-state index in [4.69, 9.17) is 4.74 Å². The molecule has 2 heterocycles. The molecule has 0 fully saturated rings. The number of benzene rings is 2. The third kappa shape index (κ3) is 3.05. The third-order valence-corrected chi connectivity index (χ3v) is 5.33. The summed E-state index contributed by atoms with van der Waals surface area (Å²) >= 11 is 0. The molecule has 4 rings (SSSR count). The van der Waals surface area contributed by atoms with E-state index in [0.717, 1.165) is 16.5 Å². The molecule has 2 aromatic carbocycles. The molecule has 1 N–H and O–H groups in total. The molecule has 144 valence electrons. The average Bonchev–Trinajstić information content (AvgIpc) is 3.09. The SMILES string of the molecule is COCCn1cc(C(=O)N2CCc3ccccc3C2C(=O)O)c2ccccc21. The number of para-hydroxylation sites is 1. The molecule has 1 atom stereocenters. The van der Waals surface area contributed by atoms with Crippen molar-refractivity contribution < 1.29 is 19.4 Å². The molecule has 0 saturated carbocycles. The maximum absolute atomic E-state index is 13.4. The highest BCUT2D eigenvalue weighted by atomic mass is 16.5. The minimum atomic E-state index is -1.01. The average molecular weight is 378 g/mol. The fraction of sp³-hybridized carbons (Fsp3) is 0.273. The number of carboxylic acid groups (broad SMARTS) is 1. The van der Waals surface area contributed by atoms with Gasteiger partial charge in [0.05, 0.1) is 12.2 Å². The van der Waals surface area contributed by atoms with E-state index >= 15 is 0 Å². The molecular formula is C22H22N2O4. The van der Waals surface area contributed by atoms with Crippen molar-refractivity contribution in [2.75, 3.05) is 20.3 Å². The van der Waals surface area contributed by atoms with Crippen LogP contribution in [0.1, 0.15) is 27.5 Å². The fourth-order valence-corrected chi connectivity index (χ4v) is 4.00. The zero-order valence-corrected chi connectivity index (χ0v) is 15.7. The fourth-order valence-electron chi connectivity index (χ4n) is 4.00. The summed E-state index contributed by atoms with van der Waals surface area (Å²) in [5.74, 6) is -1.27. The number of hydrogen-bond donors (Lipinski definition) is 1. The largest absolute Gasteiger partial charge is 0.479 e.